The van der Waals surface area contributed by atoms with E-state index in [1.807, 2.05) is 17.8 Å². The summed E-state index contributed by atoms with van der Waals surface area (Å²) in [5.74, 6) is 1.84. The zero-order valence-electron chi connectivity index (χ0n) is 16.0. The Morgan fingerprint density at radius 2 is 1.93 bits per heavy atom. The molecule has 27 heavy (non-hydrogen) atoms. The number of rotatable bonds is 6. The number of ether oxygens (including phenoxy) is 1. The summed E-state index contributed by atoms with van der Waals surface area (Å²) in [6.45, 7) is 8.58. The quantitative estimate of drug-likeness (QED) is 0.814. The van der Waals surface area contributed by atoms with E-state index in [2.05, 4.69) is 44.4 Å². The van der Waals surface area contributed by atoms with Crippen molar-refractivity contribution in [3.05, 3.63) is 48.0 Å². The number of likely N-dealkylation sites (tertiary alicyclic amines) is 1. The van der Waals surface area contributed by atoms with E-state index in [0.29, 0.717) is 6.61 Å². The van der Waals surface area contributed by atoms with Crippen LogP contribution in [0.1, 0.15) is 17.8 Å². The van der Waals surface area contributed by atoms with E-state index >= 15 is 0 Å². The third kappa shape index (κ3) is 5.23. The molecule has 0 bridgehead atoms. The Bertz CT molecular complexity index is 699. The zero-order valence-corrected chi connectivity index (χ0v) is 16.8. The highest BCUT2D eigenvalue weighted by Crippen LogP contribution is 2.20. The van der Waals surface area contributed by atoms with Crippen LogP contribution in [0.3, 0.4) is 0 Å². The maximum absolute atomic E-state index is 5.84. The van der Waals surface area contributed by atoms with Crippen molar-refractivity contribution >= 4 is 12.4 Å². The van der Waals surface area contributed by atoms with E-state index < -0.39 is 0 Å². The van der Waals surface area contributed by atoms with Gasteiger partial charge < -0.3 is 14.6 Å². The predicted molar refractivity (Wildman–Crippen MR) is 109 cm³/mol. The summed E-state index contributed by atoms with van der Waals surface area (Å²) in [6, 6.07) is 9.25. The maximum atomic E-state index is 5.84. The molecule has 3 heterocycles. The van der Waals surface area contributed by atoms with E-state index in [0.717, 1.165) is 37.3 Å². The van der Waals surface area contributed by atoms with Crippen LogP contribution in [0, 0.1) is 0 Å². The smallest absolute Gasteiger partial charge is 0.146 e. The van der Waals surface area contributed by atoms with Gasteiger partial charge in [0.15, 0.2) is 0 Å². The molecule has 7 heteroatoms. The monoisotopic (exact) mass is 391 g/mol. The van der Waals surface area contributed by atoms with Gasteiger partial charge in [-0.05, 0) is 24.1 Å². The second-order valence-corrected chi connectivity index (χ2v) is 7.35. The first kappa shape index (κ1) is 20.1. The Morgan fingerprint density at radius 3 is 2.63 bits per heavy atom. The van der Waals surface area contributed by atoms with Crippen LogP contribution in [-0.4, -0.2) is 64.7 Å². The lowest BCUT2D eigenvalue weighted by Gasteiger charge is -2.32. The van der Waals surface area contributed by atoms with Crippen LogP contribution in [0.5, 0.6) is 5.75 Å². The summed E-state index contributed by atoms with van der Waals surface area (Å²) in [6.07, 6.45) is 5.03. The molecule has 1 N–H and O–H groups in total. The highest BCUT2D eigenvalue weighted by Gasteiger charge is 2.28. The van der Waals surface area contributed by atoms with Crippen molar-refractivity contribution in [2.45, 2.75) is 25.6 Å². The number of piperazine rings is 1. The number of imidazole rings is 1. The highest BCUT2D eigenvalue weighted by molar-refractivity contribution is 5.85. The predicted octanol–water partition coefficient (Wildman–Crippen LogP) is 1.90. The largest absolute Gasteiger partial charge is 0.486 e. The van der Waals surface area contributed by atoms with Crippen LogP contribution >= 0.6 is 12.4 Å². The summed E-state index contributed by atoms with van der Waals surface area (Å²) in [4.78, 5) is 9.52. The first-order valence-corrected chi connectivity index (χ1v) is 9.63. The molecule has 6 nitrogen and oxygen atoms in total. The van der Waals surface area contributed by atoms with Crippen LogP contribution in [0.2, 0.25) is 0 Å². The fourth-order valence-corrected chi connectivity index (χ4v) is 3.93. The highest BCUT2D eigenvalue weighted by atomic mass is 35.5. The van der Waals surface area contributed by atoms with Crippen molar-refractivity contribution in [2.75, 3.05) is 39.3 Å². The molecule has 0 saturated carbocycles. The van der Waals surface area contributed by atoms with Gasteiger partial charge in [-0.1, -0.05) is 12.1 Å². The summed E-state index contributed by atoms with van der Waals surface area (Å²) in [7, 11) is 1.98. The van der Waals surface area contributed by atoms with Crippen molar-refractivity contribution in [3.8, 4) is 5.75 Å². The van der Waals surface area contributed by atoms with Crippen molar-refractivity contribution < 1.29 is 4.74 Å². The number of nitrogens with one attached hydrogen (secondary N) is 1. The zero-order chi connectivity index (χ0) is 17.8. The number of hydrogen-bond donors (Lipinski definition) is 1. The Morgan fingerprint density at radius 1 is 1.15 bits per heavy atom. The number of benzene rings is 1. The van der Waals surface area contributed by atoms with Gasteiger partial charge in [-0.25, -0.2) is 4.98 Å². The van der Waals surface area contributed by atoms with Gasteiger partial charge in [0, 0.05) is 71.3 Å². The third-order valence-electron chi connectivity index (χ3n) is 5.53. The number of hydrogen-bond acceptors (Lipinski definition) is 5. The van der Waals surface area contributed by atoms with Gasteiger partial charge in [-0.15, -0.1) is 12.4 Å². The van der Waals surface area contributed by atoms with Crippen LogP contribution in [0.25, 0.3) is 0 Å². The van der Waals surface area contributed by atoms with Crippen LogP contribution in [-0.2, 0) is 20.2 Å². The Balaban J connectivity index is 0.00000210. The fraction of sp³-hybridized carbons (Fsp3) is 0.550. The molecule has 2 saturated heterocycles. The van der Waals surface area contributed by atoms with Gasteiger partial charge in [0.25, 0.3) is 0 Å². The molecule has 1 atom stereocenters. The molecule has 1 unspecified atom stereocenters. The van der Waals surface area contributed by atoms with Crippen LogP contribution < -0.4 is 10.1 Å². The molecule has 4 rings (SSSR count). The van der Waals surface area contributed by atoms with Gasteiger partial charge in [0.2, 0.25) is 0 Å². The average molecular weight is 392 g/mol. The minimum Gasteiger partial charge on any atom is -0.486 e. The van der Waals surface area contributed by atoms with E-state index in [1.54, 1.807) is 6.20 Å². The van der Waals surface area contributed by atoms with Gasteiger partial charge in [-0.3, -0.25) is 9.80 Å². The van der Waals surface area contributed by atoms with Crippen LogP contribution in [0.15, 0.2) is 36.7 Å². The molecular weight excluding hydrogens is 362 g/mol. The minimum atomic E-state index is 0. The normalized spacial score (nSPS) is 21.1. The average Bonchev–Trinajstić information content (AvgIpc) is 3.31. The second kappa shape index (κ2) is 9.55. The number of nitrogens with zero attached hydrogens (tertiary/aromatic N) is 4. The van der Waals surface area contributed by atoms with E-state index in [-0.39, 0.29) is 12.4 Å². The van der Waals surface area contributed by atoms with Gasteiger partial charge in [-0.2, -0.15) is 0 Å². The van der Waals surface area contributed by atoms with E-state index in [9.17, 15) is 0 Å². The summed E-state index contributed by atoms with van der Waals surface area (Å²) in [5, 5.41) is 3.44. The topological polar surface area (TPSA) is 45.6 Å². The lowest BCUT2D eigenvalue weighted by atomic mass is 10.2. The lowest BCUT2D eigenvalue weighted by Crippen LogP contribution is -2.49. The molecule has 0 amide bonds. The van der Waals surface area contributed by atoms with Crippen molar-refractivity contribution in [2.24, 2.45) is 7.05 Å². The number of aromatic nitrogens is 2. The molecule has 2 aliphatic rings. The number of aryl methyl sites for hydroxylation is 1. The Labute approximate surface area is 167 Å². The number of halogens is 1. The SMILES string of the molecule is Cl.Cn1ccnc1COc1ccc(CN2CCC(N3CCNCC3)C2)cc1. The molecule has 148 valence electrons. The van der Waals surface area contributed by atoms with Crippen molar-refractivity contribution in [1.82, 2.24) is 24.7 Å². The summed E-state index contributed by atoms with van der Waals surface area (Å²) >= 11 is 0. The fourth-order valence-electron chi connectivity index (χ4n) is 3.93. The Hall–Kier alpha value is -1.60. The molecule has 2 aliphatic heterocycles. The van der Waals surface area contributed by atoms with Crippen molar-refractivity contribution in [3.63, 3.8) is 0 Å². The molecule has 2 fully saturated rings. The molecule has 0 spiro atoms. The first-order chi connectivity index (χ1) is 12.8. The third-order valence-corrected chi connectivity index (χ3v) is 5.53. The van der Waals surface area contributed by atoms with E-state index in [4.69, 9.17) is 4.74 Å². The lowest BCUT2D eigenvalue weighted by molar-refractivity contribution is 0.170. The van der Waals surface area contributed by atoms with Gasteiger partial charge in [0.05, 0.1) is 0 Å². The molecule has 0 radical (unpaired) electrons. The maximum Gasteiger partial charge on any atom is 0.146 e. The molecule has 1 aromatic carbocycles. The minimum absolute atomic E-state index is 0. The summed E-state index contributed by atoms with van der Waals surface area (Å²) < 4.78 is 7.83. The second-order valence-electron chi connectivity index (χ2n) is 7.35. The van der Waals surface area contributed by atoms with Crippen molar-refractivity contribution in [1.29, 1.82) is 0 Å². The Kier molecular flexibility index (Phi) is 7.13. The van der Waals surface area contributed by atoms with Gasteiger partial charge >= 0.3 is 0 Å². The molecule has 2 aromatic rings. The standard InChI is InChI=1S/C20H29N5O.ClH/c1-23-11-9-22-20(23)16-26-19-4-2-17(3-5-19)14-24-10-6-18(15-24)25-12-7-21-8-13-25;/h2-5,9,11,18,21H,6-8,10,12-16H2,1H3;1H. The molecule has 0 aliphatic carbocycles. The van der Waals surface area contributed by atoms with Crippen LogP contribution in [0.4, 0.5) is 0 Å². The van der Waals surface area contributed by atoms with Gasteiger partial charge in [0.1, 0.15) is 18.2 Å². The van der Waals surface area contributed by atoms with E-state index in [1.165, 1.54) is 38.2 Å². The molecular formula is C20H30ClN5O. The first-order valence-electron chi connectivity index (χ1n) is 9.63. The summed E-state index contributed by atoms with van der Waals surface area (Å²) in [5.41, 5.74) is 1.36. The molecule has 1 aromatic heterocycles.